The minimum Gasteiger partial charge on any atom is -0.587 e. The van der Waals surface area contributed by atoms with E-state index in [2.05, 4.69) is 20.6 Å². The fourth-order valence-electron chi connectivity index (χ4n) is 3.15. The lowest BCUT2D eigenvalue weighted by Crippen LogP contribution is -2.12. The topological polar surface area (TPSA) is 77.8 Å². The molecule has 8 heteroatoms. The predicted molar refractivity (Wildman–Crippen MR) is 113 cm³/mol. The first-order valence-electron chi connectivity index (χ1n) is 9.08. The van der Waals surface area contributed by atoms with Gasteiger partial charge in [-0.3, -0.25) is 4.98 Å². The summed E-state index contributed by atoms with van der Waals surface area (Å²) in [7, 11) is 1.87. The van der Waals surface area contributed by atoms with Gasteiger partial charge in [0.05, 0.1) is 18.1 Å². The van der Waals surface area contributed by atoms with Gasteiger partial charge in [0, 0.05) is 29.5 Å². The zero-order valence-corrected chi connectivity index (χ0v) is 16.8. The van der Waals surface area contributed by atoms with Crippen LogP contribution in [-0.4, -0.2) is 25.5 Å². The van der Waals surface area contributed by atoms with Crippen molar-refractivity contribution in [1.29, 1.82) is 0 Å². The number of aromatic nitrogens is 3. The van der Waals surface area contributed by atoms with Crippen molar-refractivity contribution in [2.24, 2.45) is 0 Å². The Labute approximate surface area is 171 Å². The number of hydrogen-bond acceptors (Lipinski definition) is 5. The molecule has 0 saturated carbocycles. The Morgan fingerprint density at radius 1 is 1.21 bits per heavy atom. The van der Waals surface area contributed by atoms with Gasteiger partial charge in [-0.25, -0.2) is 4.98 Å². The maximum Gasteiger partial charge on any atom is 0.236 e. The lowest BCUT2D eigenvalue weighted by molar-refractivity contribution is 0.584. The molecule has 0 saturated heterocycles. The number of hydrogen-bond donors (Lipinski definition) is 2. The zero-order chi connectivity index (χ0) is 20.4. The second-order valence-corrected chi connectivity index (χ2v) is 7.96. The Morgan fingerprint density at radius 2 is 2.07 bits per heavy atom. The van der Waals surface area contributed by atoms with Crippen LogP contribution in [0.15, 0.2) is 66.0 Å². The van der Waals surface area contributed by atoms with Gasteiger partial charge in [0.2, 0.25) is 5.95 Å². The molecule has 1 unspecified atom stereocenters. The second-order valence-electron chi connectivity index (χ2n) is 6.60. The second kappa shape index (κ2) is 8.20. The van der Waals surface area contributed by atoms with Gasteiger partial charge in [-0.2, -0.15) is 8.36 Å². The third-order valence-corrected chi connectivity index (χ3v) is 5.81. The van der Waals surface area contributed by atoms with Gasteiger partial charge in [-0.1, -0.05) is 6.07 Å². The summed E-state index contributed by atoms with van der Waals surface area (Å²) in [6, 6.07) is 12.6. The minimum atomic E-state index is -1.45. The predicted octanol–water partition coefficient (Wildman–Crippen LogP) is 3.91. The largest absolute Gasteiger partial charge is 0.587 e. The van der Waals surface area contributed by atoms with Crippen LogP contribution in [0.5, 0.6) is 0 Å². The van der Waals surface area contributed by atoms with Crippen LogP contribution in [0.1, 0.15) is 11.3 Å². The SMILES string of the molecule is CNCc1cn([S+]([O-])c2cccnc2)c2cc(Nc3ccc(C)nc3F)ccc12. The van der Waals surface area contributed by atoms with E-state index >= 15 is 0 Å². The van der Waals surface area contributed by atoms with Crippen molar-refractivity contribution in [3.8, 4) is 0 Å². The highest BCUT2D eigenvalue weighted by Gasteiger charge is 2.20. The molecule has 148 valence electrons. The van der Waals surface area contributed by atoms with E-state index in [1.165, 1.54) is 0 Å². The third kappa shape index (κ3) is 3.95. The van der Waals surface area contributed by atoms with E-state index in [0.29, 0.717) is 22.8 Å². The normalized spacial score (nSPS) is 12.3. The van der Waals surface area contributed by atoms with Crippen LogP contribution in [0.2, 0.25) is 0 Å². The van der Waals surface area contributed by atoms with Gasteiger partial charge in [-0.05, 0) is 55.9 Å². The van der Waals surface area contributed by atoms with Crippen molar-refractivity contribution in [2.45, 2.75) is 18.4 Å². The number of aryl methyl sites for hydroxylation is 1. The lowest BCUT2D eigenvalue weighted by atomic mass is 10.1. The van der Waals surface area contributed by atoms with Crippen LogP contribution < -0.4 is 10.6 Å². The number of nitrogens with zero attached hydrogens (tertiary/aromatic N) is 3. The van der Waals surface area contributed by atoms with Gasteiger partial charge in [-0.15, -0.1) is 0 Å². The molecule has 0 bridgehead atoms. The quantitative estimate of drug-likeness (QED) is 0.373. The Bertz CT molecular complexity index is 1150. The van der Waals surface area contributed by atoms with E-state index in [0.717, 1.165) is 16.5 Å². The first kappa shape index (κ1) is 19.4. The lowest BCUT2D eigenvalue weighted by Gasteiger charge is -2.12. The van der Waals surface area contributed by atoms with E-state index in [1.807, 2.05) is 31.4 Å². The number of halogens is 1. The van der Waals surface area contributed by atoms with Gasteiger partial charge in [0.1, 0.15) is 16.9 Å². The number of nitrogens with one attached hydrogen (secondary N) is 2. The van der Waals surface area contributed by atoms with Crippen LogP contribution in [0.4, 0.5) is 15.8 Å². The first-order valence-corrected chi connectivity index (χ1v) is 10.2. The smallest absolute Gasteiger partial charge is 0.236 e. The number of benzene rings is 1. The fraction of sp³-hybridized carbons (Fsp3) is 0.143. The molecule has 2 N–H and O–H groups in total. The van der Waals surface area contributed by atoms with Crippen molar-refractivity contribution in [3.05, 3.63) is 78.3 Å². The maximum absolute atomic E-state index is 14.1. The number of fused-ring (bicyclic) bond motifs is 1. The standard InChI is InChI=1S/C21H20FN5OS/c1-14-5-8-19(21(22)25-14)26-16-6-7-18-15(11-23-2)13-27(20(18)10-16)29(28)17-4-3-9-24-12-17/h3-10,12-13,23,26H,11H2,1-2H3. The molecule has 1 aromatic carbocycles. The number of pyridine rings is 2. The summed E-state index contributed by atoms with van der Waals surface area (Å²) in [6.07, 6.45) is 5.12. The summed E-state index contributed by atoms with van der Waals surface area (Å²) in [5.41, 5.74) is 3.39. The molecule has 29 heavy (non-hydrogen) atoms. The molecule has 6 nitrogen and oxygen atoms in total. The molecule has 4 aromatic rings. The highest BCUT2D eigenvalue weighted by atomic mass is 32.2. The zero-order valence-electron chi connectivity index (χ0n) is 16.0. The summed E-state index contributed by atoms with van der Waals surface area (Å²) < 4.78 is 29.0. The van der Waals surface area contributed by atoms with Gasteiger partial charge in [0.25, 0.3) is 0 Å². The Balaban J connectivity index is 1.77. The van der Waals surface area contributed by atoms with Gasteiger partial charge >= 0.3 is 0 Å². The highest BCUT2D eigenvalue weighted by molar-refractivity contribution is 7.90. The van der Waals surface area contributed by atoms with Crippen LogP contribution in [0.3, 0.4) is 0 Å². The molecule has 3 heterocycles. The van der Waals surface area contributed by atoms with Gasteiger partial charge in [0.15, 0.2) is 4.90 Å². The van der Waals surface area contributed by atoms with E-state index in [9.17, 15) is 8.94 Å². The van der Waals surface area contributed by atoms with E-state index in [-0.39, 0.29) is 5.69 Å². The van der Waals surface area contributed by atoms with Crippen molar-refractivity contribution in [2.75, 3.05) is 12.4 Å². The first-order chi connectivity index (χ1) is 14.1. The molecule has 0 aliphatic carbocycles. The fourth-order valence-corrected chi connectivity index (χ4v) is 4.28. The molecule has 0 aliphatic rings. The maximum atomic E-state index is 14.1. The number of rotatable bonds is 6. The Hall–Kier alpha value is -2.94. The summed E-state index contributed by atoms with van der Waals surface area (Å²) >= 11 is -1.45. The van der Waals surface area contributed by atoms with Crippen molar-refractivity contribution in [3.63, 3.8) is 0 Å². The van der Waals surface area contributed by atoms with Crippen molar-refractivity contribution < 1.29 is 8.94 Å². The molecule has 0 radical (unpaired) electrons. The summed E-state index contributed by atoms with van der Waals surface area (Å²) in [5.74, 6) is -0.560. The Kier molecular flexibility index (Phi) is 5.48. The number of anilines is 2. The molecule has 0 spiro atoms. The van der Waals surface area contributed by atoms with Crippen molar-refractivity contribution >= 4 is 33.6 Å². The van der Waals surface area contributed by atoms with Gasteiger partial charge < -0.3 is 15.2 Å². The average molecular weight is 409 g/mol. The van der Waals surface area contributed by atoms with Crippen LogP contribution in [0.25, 0.3) is 10.9 Å². The monoisotopic (exact) mass is 409 g/mol. The third-order valence-electron chi connectivity index (χ3n) is 4.50. The average Bonchev–Trinajstić information content (AvgIpc) is 3.08. The molecule has 4 rings (SSSR count). The van der Waals surface area contributed by atoms with E-state index in [4.69, 9.17) is 0 Å². The van der Waals surface area contributed by atoms with Crippen LogP contribution >= 0.6 is 0 Å². The molecule has 0 aliphatic heterocycles. The summed E-state index contributed by atoms with van der Waals surface area (Å²) in [5, 5.41) is 7.17. The molecule has 3 aromatic heterocycles. The molecule has 0 amide bonds. The minimum absolute atomic E-state index is 0.289. The summed E-state index contributed by atoms with van der Waals surface area (Å²) in [6.45, 7) is 2.37. The molecular weight excluding hydrogens is 389 g/mol. The molecule has 1 atom stereocenters. The molecular formula is C21H20FN5OS. The van der Waals surface area contributed by atoms with Crippen LogP contribution in [-0.2, 0) is 17.9 Å². The van der Waals surface area contributed by atoms with Crippen LogP contribution in [0, 0.1) is 12.9 Å². The van der Waals surface area contributed by atoms with E-state index < -0.39 is 17.3 Å². The molecule has 0 fully saturated rings. The summed E-state index contributed by atoms with van der Waals surface area (Å²) in [4.78, 5) is 8.52. The highest BCUT2D eigenvalue weighted by Crippen LogP contribution is 2.30. The Morgan fingerprint density at radius 3 is 2.79 bits per heavy atom. The van der Waals surface area contributed by atoms with Crippen molar-refractivity contribution in [1.82, 2.24) is 19.3 Å². The van der Waals surface area contributed by atoms with E-state index in [1.54, 1.807) is 47.6 Å².